The Morgan fingerprint density at radius 1 is 1.12 bits per heavy atom. The monoisotopic (exact) mass is 234 g/mol. The van der Waals surface area contributed by atoms with Gasteiger partial charge in [-0.05, 0) is 31.4 Å². The van der Waals surface area contributed by atoms with Crippen molar-refractivity contribution in [3.8, 4) is 0 Å². The first-order valence-electron chi connectivity index (χ1n) is 6.28. The summed E-state index contributed by atoms with van der Waals surface area (Å²) >= 11 is 0. The lowest BCUT2D eigenvalue weighted by Crippen LogP contribution is -2.25. The topological polar surface area (TPSA) is 41.1 Å². The number of nitrogens with one attached hydrogen (secondary N) is 2. The molecule has 3 heteroatoms. The summed E-state index contributed by atoms with van der Waals surface area (Å²) in [5.74, 6) is 0.0989. The Labute approximate surface area is 104 Å². The maximum absolute atomic E-state index is 10.9. The molecule has 2 N–H and O–H groups in total. The Morgan fingerprint density at radius 3 is 2.59 bits per heavy atom. The van der Waals surface area contributed by atoms with Crippen molar-refractivity contribution in [2.75, 3.05) is 20.1 Å². The van der Waals surface area contributed by atoms with E-state index in [9.17, 15) is 4.79 Å². The van der Waals surface area contributed by atoms with Crippen LogP contribution in [0.5, 0.6) is 0 Å². The molecule has 0 heterocycles. The van der Waals surface area contributed by atoms with Gasteiger partial charge in [0.2, 0.25) is 5.91 Å². The summed E-state index contributed by atoms with van der Waals surface area (Å²) < 4.78 is 0. The number of carbonyl (C=O) groups excluding carboxylic acids is 1. The number of hydrogen-bond donors (Lipinski definition) is 2. The van der Waals surface area contributed by atoms with Crippen molar-refractivity contribution in [1.82, 2.24) is 10.6 Å². The number of aryl methyl sites for hydroxylation is 1. The molecular weight excluding hydrogens is 212 g/mol. The van der Waals surface area contributed by atoms with Crippen molar-refractivity contribution in [2.24, 2.45) is 0 Å². The van der Waals surface area contributed by atoms with E-state index >= 15 is 0 Å². The number of unbranched alkanes of at least 4 members (excludes halogenated alkanes) is 1. The number of benzene rings is 1. The number of carbonyl (C=O) groups is 1. The van der Waals surface area contributed by atoms with Gasteiger partial charge in [-0.15, -0.1) is 0 Å². The predicted octanol–water partition coefficient (Wildman–Crippen LogP) is 1.73. The molecule has 0 saturated carbocycles. The third kappa shape index (κ3) is 6.74. The van der Waals surface area contributed by atoms with Crippen LogP contribution in [0.1, 0.15) is 24.8 Å². The Morgan fingerprint density at radius 2 is 1.88 bits per heavy atom. The van der Waals surface area contributed by atoms with E-state index in [1.807, 2.05) is 6.07 Å². The average molecular weight is 234 g/mol. The molecule has 1 aromatic rings. The lowest BCUT2D eigenvalue weighted by Gasteiger charge is -2.04. The fourth-order valence-electron chi connectivity index (χ4n) is 1.68. The number of rotatable bonds is 8. The van der Waals surface area contributed by atoms with Crippen LogP contribution in [-0.2, 0) is 11.2 Å². The van der Waals surface area contributed by atoms with Crippen LogP contribution in [0.3, 0.4) is 0 Å². The molecule has 0 unspecified atom stereocenters. The van der Waals surface area contributed by atoms with Crippen LogP contribution in [0.25, 0.3) is 0 Å². The number of hydrogen-bond acceptors (Lipinski definition) is 2. The van der Waals surface area contributed by atoms with Gasteiger partial charge in [-0.25, -0.2) is 0 Å². The van der Waals surface area contributed by atoms with Crippen LogP contribution in [0, 0.1) is 0 Å². The first-order valence-corrected chi connectivity index (χ1v) is 6.28. The van der Waals surface area contributed by atoms with E-state index in [0.717, 1.165) is 25.9 Å². The minimum absolute atomic E-state index is 0.0989. The molecule has 0 radical (unpaired) electrons. The molecule has 0 aromatic heterocycles. The largest absolute Gasteiger partial charge is 0.359 e. The molecule has 1 rings (SSSR count). The fourth-order valence-corrected chi connectivity index (χ4v) is 1.68. The van der Waals surface area contributed by atoms with Gasteiger partial charge in [0.1, 0.15) is 0 Å². The highest BCUT2D eigenvalue weighted by atomic mass is 16.1. The minimum atomic E-state index is 0.0989. The molecule has 3 nitrogen and oxygen atoms in total. The van der Waals surface area contributed by atoms with E-state index in [2.05, 4.69) is 34.9 Å². The second-order valence-electron chi connectivity index (χ2n) is 4.12. The summed E-state index contributed by atoms with van der Waals surface area (Å²) in [5, 5.41) is 5.89. The Kier molecular flexibility index (Phi) is 7.07. The molecule has 17 heavy (non-hydrogen) atoms. The van der Waals surface area contributed by atoms with E-state index in [-0.39, 0.29) is 5.91 Å². The van der Waals surface area contributed by atoms with Crippen LogP contribution < -0.4 is 10.6 Å². The van der Waals surface area contributed by atoms with Crippen molar-refractivity contribution < 1.29 is 4.79 Å². The standard InChI is InChI=1S/C14H22N2O/c1-15-14(17)10-12-16-11-6-5-9-13-7-3-2-4-8-13/h2-4,7-8,16H,5-6,9-12H2,1H3,(H,15,17). The van der Waals surface area contributed by atoms with Crippen molar-refractivity contribution in [1.29, 1.82) is 0 Å². The molecule has 1 aromatic carbocycles. The van der Waals surface area contributed by atoms with Gasteiger partial charge in [0.05, 0.1) is 0 Å². The first kappa shape index (κ1) is 13.7. The summed E-state index contributed by atoms with van der Waals surface area (Å²) in [6.45, 7) is 1.76. The van der Waals surface area contributed by atoms with Gasteiger partial charge in [0.15, 0.2) is 0 Å². The lowest BCUT2D eigenvalue weighted by molar-refractivity contribution is -0.120. The fraction of sp³-hybridized carbons (Fsp3) is 0.500. The third-order valence-electron chi connectivity index (χ3n) is 2.72. The van der Waals surface area contributed by atoms with Crippen molar-refractivity contribution in [2.45, 2.75) is 25.7 Å². The average Bonchev–Trinajstić information content (AvgIpc) is 2.38. The van der Waals surface area contributed by atoms with Crippen molar-refractivity contribution in [3.05, 3.63) is 35.9 Å². The second kappa shape index (κ2) is 8.76. The third-order valence-corrected chi connectivity index (χ3v) is 2.72. The summed E-state index contributed by atoms with van der Waals surface area (Å²) in [4.78, 5) is 10.9. The van der Waals surface area contributed by atoms with Gasteiger partial charge in [-0.3, -0.25) is 4.79 Å². The van der Waals surface area contributed by atoms with Gasteiger partial charge in [-0.1, -0.05) is 30.3 Å². The zero-order valence-corrected chi connectivity index (χ0v) is 10.5. The summed E-state index contributed by atoms with van der Waals surface area (Å²) in [6, 6.07) is 10.5. The minimum Gasteiger partial charge on any atom is -0.359 e. The molecule has 0 fully saturated rings. The van der Waals surface area contributed by atoms with E-state index in [0.29, 0.717) is 6.42 Å². The highest BCUT2D eigenvalue weighted by Crippen LogP contribution is 2.03. The molecule has 0 aliphatic carbocycles. The van der Waals surface area contributed by atoms with Gasteiger partial charge >= 0.3 is 0 Å². The van der Waals surface area contributed by atoms with E-state index in [4.69, 9.17) is 0 Å². The van der Waals surface area contributed by atoms with Gasteiger partial charge in [-0.2, -0.15) is 0 Å². The second-order valence-corrected chi connectivity index (χ2v) is 4.12. The van der Waals surface area contributed by atoms with Crippen molar-refractivity contribution in [3.63, 3.8) is 0 Å². The Hall–Kier alpha value is -1.35. The molecule has 94 valence electrons. The highest BCUT2D eigenvalue weighted by molar-refractivity contribution is 5.75. The molecule has 1 amide bonds. The summed E-state index contributed by atoms with van der Waals surface area (Å²) in [5.41, 5.74) is 1.40. The normalized spacial score (nSPS) is 10.2. The maximum atomic E-state index is 10.9. The van der Waals surface area contributed by atoms with Gasteiger partial charge < -0.3 is 10.6 Å². The zero-order valence-electron chi connectivity index (χ0n) is 10.5. The van der Waals surface area contributed by atoms with Crippen LogP contribution in [0.4, 0.5) is 0 Å². The van der Waals surface area contributed by atoms with Crippen LogP contribution in [-0.4, -0.2) is 26.0 Å². The highest BCUT2D eigenvalue weighted by Gasteiger charge is 1.96. The van der Waals surface area contributed by atoms with Gasteiger partial charge in [0, 0.05) is 20.0 Å². The molecule has 0 atom stereocenters. The molecular formula is C14H22N2O. The van der Waals surface area contributed by atoms with Crippen LogP contribution in [0.2, 0.25) is 0 Å². The molecule has 0 aliphatic heterocycles. The summed E-state index contributed by atoms with van der Waals surface area (Å²) in [6.07, 6.45) is 4.05. The molecule has 0 saturated heterocycles. The quantitative estimate of drug-likeness (QED) is 0.673. The van der Waals surface area contributed by atoms with Crippen LogP contribution >= 0.6 is 0 Å². The SMILES string of the molecule is CNC(=O)CCNCCCCc1ccccc1. The molecule has 0 spiro atoms. The molecule has 0 bridgehead atoms. The van der Waals surface area contributed by atoms with Gasteiger partial charge in [0.25, 0.3) is 0 Å². The van der Waals surface area contributed by atoms with E-state index < -0.39 is 0 Å². The van der Waals surface area contributed by atoms with Crippen LogP contribution in [0.15, 0.2) is 30.3 Å². The Balaban J connectivity index is 1.93. The van der Waals surface area contributed by atoms with E-state index in [1.54, 1.807) is 7.05 Å². The van der Waals surface area contributed by atoms with Crippen molar-refractivity contribution >= 4 is 5.91 Å². The summed E-state index contributed by atoms with van der Waals surface area (Å²) in [7, 11) is 1.67. The Bertz CT molecular complexity index is 311. The first-order chi connectivity index (χ1) is 8.33. The smallest absolute Gasteiger partial charge is 0.221 e. The lowest BCUT2D eigenvalue weighted by atomic mass is 10.1. The maximum Gasteiger partial charge on any atom is 0.221 e. The molecule has 0 aliphatic rings. The van der Waals surface area contributed by atoms with E-state index in [1.165, 1.54) is 12.0 Å². The number of amides is 1. The predicted molar refractivity (Wildman–Crippen MR) is 70.9 cm³/mol. The zero-order chi connectivity index (χ0) is 12.3.